The number of anilines is 1. The quantitative estimate of drug-likeness (QED) is 0.0914. The van der Waals surface area contributed by atoms with E-state index < -0.39 is 98.2 Å². The van der Waals surface area contributed by atoms with Gasteiger partial charge in [0.15, 0.2) is 33.0 Å². The summed E-state index contributed by atoms with van der Waals surface area (Å²) in [5.74, 6) is -21.1. The average Bonchev–Trinajstić information content (AvgIpc) is 3.67. The monoisotopic (exact) mass is 696 g/mol. The maximum Gasteiger partial charge on any atom is 0.258 e. The molecule has 2 saturated heterocycles. The summed E-state index contributed by atoms with van der Waals surface area (Å²) < 4.78 is 72.7. The van der Waals surface area contributed by atoms with Crippen molar-refractivity contribution in [3.05, 3.63) is 93.0 Å². The van der Waals surface area contributed by atoms with Crippen LogP contribution in [0.5, 0.6) is 5.75 Å². The van der Waals surface area contributed by atoms with Crippen molar-refractivity contribution in [3.8, 4) is 5.75 Å². The minimum Gasteiger partial charge on any atom is -0.508 e. The molecule has 7 nitrogen and oxygen atoms in total. The zero-order valence-corrected chi connectivity index (χ0v) is 25.4. The van der Waals surface area contributed by atoms with Crippen molar-refractivity contribution in [1.82, 2.24) is 4.90 Å². The predicted octanol–water partition coefficient (Wildman–Crippen LogP) is 5.91. The van der Waals surface area contributed by atoms with Gasteiger partial charge in [0.25, 0.3) is 11.8 Å². The molecular formula is C31H19Cl2F5N2O5S. The van der Waals surface area contributed by atoms with Gasteiger partial charge in [0, 0.05) is 10.8 Å². The van der Waals surface area contributed by atoms with Crippen LogP contribution in [0.4, 0.5) is 27.6 Å². The second-order valence-corrected chi connectivity index (χ2v) is 13.9. The number of carbonyl (C=O) groups is 4. The van der Waals surface area contributed by atoms with Crippen molar-refractivity contribution in [2.75, 3.05) is 4.90 Å². The van der Waals surface area contributed by atoms with Crippen LogP contribution in [-0.4, -0.2) is 43.4 Å². The van der Waals surface area contributed by atoms with Gasteiger partial charge in [0.2, 0.25) is 17.6 Å². The molecule has 2 aliphatic carbocycles. The number of thiophene rings is 1. The highest BCUT2D eigenvalue weighted by Gasteiger charge is 2.77. The van der Waals surface area contributed by atoms with Gasteiger partial charge in [-0.25, -0.2) is 26.9 Å². The molecule has 238 valence electrons. The van der Waals surface area contributed by atoms with E-state index in [4.69, 9.17) is 23.2 Å². The number of alkyl halides is 2. The number of amides is 4. The molecule has 7 rings (SSSR count). The van der Waals surface area contributed by atoms with Crippen LogP contribution >= 0.6 is 34.5 Å². The number of hydrogen-bond donors (Lipinski definition) is 1. The van der Waals surface area contributed by atoms with Gasteiger partial charge in [0.05, 0.1) is 18.4 Å². The van der Waals surface area contributed by atoms with E-state index in [1.807, 2.05) is 0 Å². The molecule has 1 N–H and O–H groups in total. The Morgan fingerprint density at radius 1 is 0.870 bits per heavy atom. The number of phenols is 1. The number of rotatable bonds is 4. The lowest BCUT2D eigenvalue weighted by Gasteiger charge is -2.50. The first-order chi connectivity index (χ1) is 21.7. The summed E-state index contributed by atoms with van der Waals surface area (Å²) in [6.45, 7) is -0.00270. The van der Waals surface area contributed by atoms with E-state index >= 15 is 8.78 Å². The van der Waals surface area contributed by atoms with Crippen LogP contribution in [0.25, 0.3) is 0 Å². The van der Waals surface area contributed by atoms with Gasteiger partial charge in [-0.1, -0.05) is 29.8 Å². The molecule has 0 bridgehead atoms. The van der Waals surface area contributed by atoms with Gasteiger partial charge >= 0.3 is 0 Å². The molecular weight excluding hydrogens is 678 g/mol. The molecule has 2 aromatic carbocycles. The predicted molar refractivity (Wildman–Crippen MR) is 154 cm³/mol. The molecule has 15 heteroatoms. The van der Waals surface area contributed by atoms with Gasteiger partial charge in [0.1, 0.15) is 11.4 Å². The van der Waals surface area contributed by atoms with E-state index in [-0.39, 0.29) is 29.2 Å². The lowest BCUT2D eigenvalue weighted by atomic mass is 9.56. The van der Waals surface area contributed by atoms with E-state index in [1.54, 1.807) is 23.6 Å². The summed E-state index contributed by atoms with van der Waals surface area (Å²) in [5.41, 5.74) is -1.43. The fraction of sp³-hybridized carbons (Fsp3) is 0.290. The summed E-state index contributed by atoms with van der Waals surface area (Å²) in [6, 6.07) is 8.85. The number of likely N-dealkylation sites (tertiary alicyclic amines) is 1. The van der Waals surface area contributed by atoms with Crippen molar-refractivity contribution in [2.24, 2.45) is 17.8 Å². The lowest BCUT2D eigenvalue weighted by molar-refractivity contribution is -0.141. The molecule has 1 saturated carbocycles. The zero-order chi connectivity index (χ0) is 33.0. The average molecular weight is 697 g/mol. The van der Waals surface area contributed by atoms with Crippen molar-refractivity contribution in [2.45, 2.75) is 35.1 Å². The van der Waals surface area contributed by atoms with E-state index in [9.17, 15) is 37.5 Å². The second kappa shape index (κ2) is 10.3. The third-order valence-electron chi connectivity index (χ3n) is 9.41. The number of halogens is 7. The molecule has 2 aliphatic heterocycles. The molecule has 3 heterocycles. The van der Waals surface area contributed by atoms with Crippen LogP contribution < -0.4 is 4.90 Å². The van der Waals surface area contributed by atoms with Gasteiger partial charge in [-0.15, -0.1) is 34.5 Å². The highest BCUT2D eigenvalue weighted by atomic mass is 35.5. The molecule has 4 amide bonds. The third kappa shape index (κ3) is 3.88. The summed E-state index contributed by atoms with van der Waals surface area (Å²) in [5, 5.41) is 12.1. The number of nitrogens with zero attached hydrogens (tertiary/aromatic N) is 2. The first-order valence-corrected chi connectivity index (χ1v) is 15.5. The van der Waals surface area contributed by atoms with Gasteiger partial charge < -0.3 is 5.11 Å². The second-order valence-electron chi connectivity index (χ2n) is 11.6. The van der Waals surface area contributed by atoms with Crippen LogP contribution in [0.15, 0.2) is 53.4 Å². The number of imide groups is 2. The van der Waals surface area contributed by atoms with E-state index in [0.717, 1.165) is 9.78 Å². The Balaban J connectivity index is 1.41. The van der Waals surface area contributed by atoms with Crippen LogP contribution in [0, 0.1) is 46.8 Å². The molecule has 3 aromatic rings. The molecule has 4 aliphatic rings. The summed E-state index contributed by atoms with van der Waals surface area (Å²) in [4.78, 5) is 52.1. The van der Waals surface area contributed by atoms with E-state index in [0.29, 0.717) is 5.57 Å². The van der Waals surface area contributed by atoms with Crippen LogP contribution in [0.1, 0.15) is 29.2 Å². The van der Waals surface area contributed by atoms with Crippen molar-refractivity contribution in [3.63, 3.8) is 0 Å². The number of aromatic hydroxyl groups is 1. The first kappa shape index (κ1) is 30.8. The third-order valence-corrected chi connectivity index (χ3v) is 11.7. The van der Waals surface area contributed by atoms with Crippen molar-refractivity contribution in [1.29, 1.82) is 0 Å². The Kier molecular flexibility index (Phi) is 6.93. The maximum atomic E-state index is 15.1. The molecule has 6 atom stereocenters. The Morgan fingerprint density at radius 3 is 2.17 bits per heavy atom. The smallest absolute Gasteiger partial charge is 0.258 e. The topological polar surface area (TPSA) is 95.0 Å². The summed E-state index contributed by atoms with van der Waals surface area (Å²) >= 11 is 15.4. The number of phenolic OH excluding ortho intramolecular Hbond substituents is 1. The SMILES string of the molecule is O=C1[C@H]2[C@H](CC=C3[C@H]2C[C@@]2(Cl)C(=O)N(c4c(F)c(F)c(F)c(F)c4F)C(=O)[C@@]2(Cl)[C@H]3c2cccc(O)c2)C(=O)N1Cc1cccs1. The number of hydrogen-bond acceptors (Lipinski definition) is 6. The van der Waals surface area contributed by atoms with Crippen LogP contribution in [0.3, 0.4) is 0 Å². The highest BCUT2D eigenvalue weighted by molar-refractivity contribution is 7.09. The van der Waals surface area contributed by atoms with Crippen LogP contribution in [0.2, 0.25) is 0 Å². The number of allylic oxidation sites excluding steroid dienone is 2. The Morgan fingerprint density at radius 2 is 1.54 bits per heavy atom. The van der Waals surface area contributed by atoms with Crippen LogP contribution in [-0.2, 0) is 25.7 Å². The Labute approximate surface area is 270 Å². The molecule has 0 radical (unpaired) electrons. The van der Waals surface area contributed by atoms with Crippen molar-refractivity contribution < 1.29 is 46.2 Å². The van der Waals surface area contributed by atoms with Gasteiger partial charge in [-0.3, -0.25) is 24.1 Å². The summed E-state index contributed by atoms with van der Waals surface area (Å²) in [7, 11) is 0. The largest absolute Gasteiger partial charge is 0.508 e. The lowest BCUT2D eigenvalue weighted by Crippen LogP contribution is -2.60. The van der Waals surface area contributed by atoms with Gasteiger partial charge in [-0.05, 0) is 47.9 Å². The van der Waals surface area contributed by atoms with E-state index in [2.05, 4.69) is 0 Å². The highest BCUT2D eigenvalue weighted by Crippen LogP contribution is 2.66. The molecule has 1 aromatic heterocycles. The maximum absolute atomic E-state index is 15.1. The standard InChI is InChI=1S/C31H19Cl2F5N2O5S/c32-30-10-17-15(6-7-16-18(17)27(43)39(26(16)42)11-14-5-2-8-46-14)19(12-3-1-4-13(41)9-12)31(30,33)29(45)40(28(30)44)25-23(37)21(35)20(34)22(36)24(25)38/h1-6,8-9,16-19,41H,7,10-11H2/t16-,17+,18-,19-,30+,31-/m0/s1. The molecule has 0 unspecified atom stereocenters. The number of fused-ring (bicyclic) bond motifs is 4. The first-order valence-electron chi connectivity index (χ1n) is 13.9. The molecule has 0 spiro atoms. The zero-order valence-electron chi connectivity index (χ0n) is 23.1. The van der Waals surface area contributed by atoms with Gasteiger partial charge in [-0.2, -0.15) is 0 Å². The fourth-order valence-electron chi connectivity index (χ4n) is 7.42. The molecule has 46 heavy (non-hydrogen) atoms. The molecule has 3 fully saturated rings. The minimum atomic E-state index is -2.64. The number of benzene rings is 2. The Hall–Kier alpha value is -3.81. The summed E-state index contributed by atoms with van der Waals surface area (Å²) in [6.07, 6.45) is 1.03. The van der Waals surface area contributed by atoms with E-state index in [1.165, 1.54) is 35.6 Å². The number of carbonyl (C=O) groups excluding carboxylic acids is 4. The normalized spacial score (nSPS) is 30.5. The minimum absolute atomic E-state index is 0.00270. The fourth-order valence-corrected chi connectivity index (χ4v) is 9.05. The van der Waals surface area contributed by atoms with Crippen molar-refractivity contribution >= 4 is 63.9 Å². The Bertz CT molecular complexity index is 1900.